The van der Waals surface area contributed by atoms with Crippen molar-refractivity contribution < 1.29 is 4.39 Å². The second kappa shape index (κ2) is 7.52. The predicted octanol–water partition coefficient (Wildman–Crippen LogP) is 5.63. The molecule has 112 valence electrons. The van der Waals surface area contributed by atoms with Crippen molar-refractivity contribution in [1.29, 1.82) is 0 Å². The van der Waals surface area contributed by atoms with Gasteiger partial charge in [-0.3, -0.25) is 0 Å². The molecule has 0 aliphatic rings. The molecule has 0 saturated carbocycles. The van der Waals surface area contributed by atoms with Gasteiger partial charge in [-0.25, -0.2) is 4.39 Å². The van der Waals surface area contributed by atoms with Crippen molar-refractivity contribution in [2.75, 3.05) is 0 Å². The number of hydrogen-bond donors (Lipinski definition) is 1. The topological polar surface area (TPSA) is 12.0 Å². The second-order valence-corrected chi connectivity index (χ2v) is 7.06. The van der Waals surface area contributed by atoms with Crippen LogP contribution in [0, 0.1) is 5.82 Å². The van der Waals surface area contributed by atoms with E-state index in [9.17, 15) is 4.39 Å². The van der Waals surface area contributed by atoms with E-state index in [4.69, 9.17) is 0 Å². The fraction of sp³-hybridized carbons (Fsp3) is 0.294. The highest BCUT2D eigenvalue weighted by atomic mass is 79.9. The molecule has 2 atom stereocenters. The summed E-state index contributed by atoms with van der Waals surface area (Å²) in [7, 11) is 0. The summed E-state index contributed by atoms with van der Waals surface area (Å²) >= 11 is 7.07. The Morgan fingerprint density at radius 3 is 2.33 bits per heavy atom. The normalized spacial score (nSPS) is 14.0. The summed E-state index contributed by atoms with van der Waals surface area (Å²) in [4.78, 5) is 0. The number of halogens is 3. The predicted molar refractivity (Wildman–Crippen MR) is 93.0 cm³/mol. The first kappa shape index (κ1) is 16.7. The van der Waals surface area contributed by atoms with Crippen LogP contribution in [0.1, 0.15) is 31.0 Å². The van der Waals surface area contributed by atoms with Crippen LogP contribution < -0.4 is 5.32 Å². The van der Waals surface area contributed by atoms with Crippen LogP contribution in [0.2, 0.25) is 0 Å². The van der Waals surface area contributed by atoms with Gasteiger partial charge in [-0.1, -0.05) is 50.1 Å². The Hall–Kier alpha value is -0.710. The molecule has 0 heterocycles. The van der Waals surface area contributed by atoms with Crippen molar-refractivity contribution in [3.05, 3.63) is 68.4 Å². The lowest BCUT2D eigenvalue weighted by Gasteiger charge is -2.21. The molecule has 1 nitrogen and oxygen atoms in total. The SMILES string of the molecule is CC(Cc1ccc(F)cc1)NC(C)c1ccc(Br)cc1Br. The van der Waals surface area contributed by atoms with Gasteiger partial charge in [-0.15, -0.1) is 0 Å². The van der Waals surface area contributed by atoms with Crippen LogP contribution in [0.25, 0.3) is 0 Å². The lowest BCUT2D eigenvalue weighted by atomic mass is 10.0. The van der Waals surface area contributed by atoms with Crippen LogP contribution in [-0.4, -0.2) is 6.04 Å². The molecular weight excluding hydrogens is 397 g/mol. The third-order valence-electron chi connectivity index (χ3n) is 3.42. The summed E-state index contributed by atoms with van der Waals surface area (Å²) in [6, 6.07) is 13.5. The quantitative estimate of drug-likeness (QED) is 0.668. The van der Waals surface area contributed by atoms with Gasteiger partial charge in [-0.2, -0.15) is 0 Å². The van der Waals surface area contributed by atoms with Crippen LogP contribution in [0.5, 0.6) is 0 Å². The van der Waals surface area contributed by atoms with E-state index in [1.165, 1.54) is 17.7 Å². The molecule has 0 fully saturated rings. The Balaban J connectivity index is 1.98. The molecule has 1 N–H and O–H groups in total. The second-order valence-electron chi connectivity index (χ2n) is 5.29. The van der Waals surface area contributed by atoms with E-state index in [0.717, 1.165) is 20.9 Å². The number of nitrogens with one attached hydrogen (secondary N) is 1. The Morgan fingerprint density at radius 1 is 1.05 bits per heavy atom. The molecule has 2 aromatic carbocycles. The molecule has 2 aromatic rings. The zero-order valence-electron chi connectivity index (χ0n) is 12.0. The van der Waals surface area contributed by atoms with E-state index in [-0.39, 0.29) is 11.9 Å². The first-order valence-corrected chi connectivity index (χ1v) is 8.49. The van der Waals surface area contributed by atoms with Gasteiger partial charge in [0.1, 0.15) is 5.82 Å². The van der Waals surface area contributed by atoms with Gasteiger partial charge in [0.15, 0.2) is 0 Å². The number of hydrogen-bond acceptors (Lipinski definition) is 1. The highest BCUT2D eigenvalue weighted by Gasteiger charge is 2.13. The molecule has 0 saturated heterocycles. The van der Waals surface area contributed by atoms with Crippen LogP contribution in [-0.2, 0) is 6.42 Å². The van der Waals surface area contributed by atoms with Gasteiger partial charge < -0.3 is 5.32 Å². The van der Waals surface area contributed by atoms with Crippen LogP contribution in [0.15, 0.2) is 51.4 Å². The maximum absolute atomic E-state index is 12.9. The van der Waals surface area contributed by atoms with E-state index in [0.29, 0.717) is 6.04 Å². The largest absolute Gasteiger partial charge is 0.307 e. The van der Waals surface area contributed by atoms with E-state index < -0.39 is 0 Å². The molecule has 2 unspecified atom stereocenters. The summed E-state index contributed by atoms with van der Waals surface area (Å²) in [5.41, 5.74) is 2.36. The summed E-state index contributed by atoms with van der Waals surface area (Å²) in [6.45, 7) is 4.29. The maximum Gasteiger partial charge on any atom is 0.123 e. The maximum atomic E-state index is 12.9. The van der Waals surface area contributed by atoms with Crippen molar-refractivity contribution in [1.82, 2.24) is 5.32 Å². The molecule has 0 aliphatic heterocycles. The molecule has 4 heteroatoms. The molecular formula is C17H18Br2FN. The van der Waals surface area contributed by atoms with Crippen LogP contribution in [0.3, 0.4) is 0 Å². The molecule has 0 amide bonds. The lowest BCUT2D eigenvalue weighted by molar-refractivity contribution is 0.476. The average Bonchev–Trinajstić information content (AvgIpc) is 2.41. The minimum absolute atomic E-state index is 0.188. The molecule has 0 bridgehead atoms. The minimum Gasteiger partial charge on any atom is -0.307 e. The van der Waals surface area contributed by atoms with E-state index in [1.807, 2.05) is 18.2 Å². The molecule has 0 aromatic heterocycles. The fourth-order valence-corrected chi connectivity index (χ4v) is 3.79. The average molecular weight is 415 g/mol. The fourth-order valence-electron chi connectivity index (χ4n) is 2.40. The first-order valence-electron chi connectivity index (χ1n) is 6.91. The molecule has 0 radical (unpaired) electrons. The van der Waals surface area contributed by atoms with Crippen molar-refractivity contribution >= 4 is 31.9 Å². The monoisotopic (exact) mass is 413 g/mol. The zero-order valence-corrected chi connectivity index (χ0v) is 15.2. The van der Waals surface area contributed by atoms with Gasteiger partial charge in [0.2, 0.25) is 0 Å². The summed E-state index contributed by atoms with van der Waals surface area (Å²) in [6.07, 6.45) is 0.874. The van der Waals surface area contributed by atoms with Gasteiger partial charge in [0, 0.05) is 21.0 Å². The smallest absolute Gasteiger partial charge is 0.123 e. The molecule has 0 aliphatic carbocycles. The number of rotatable bonds is 5. The number of benzene rings is 2. The summed E-state index contributed by atoms with van der Waals surface area (Å²) < 4.78 is 15.1. The first-order chi connectivity index (χ1) is 9.95. The highest BCUT2D eigenvalue weighted by molar-refractivity contribution is 9.11. The van der Waals surface area contributed by atoms with Crippen LogP contribution in [0.4, 0.5) is 4.39 Å². The highest BCUT2D eigenvalue weighted by Crippen LogP contribution is 2.27. The van der Waals surface area contributed by atoms with Gasteiger partial charge >= 0.3 is 0 Å². The van der Waals surface area contributed by atoms with Gasteiger partial charge in [-0.05, 0) is 55.7 Å². The molecule has 2 rings (SSSR count). The van der Waals surface area contributed by atoms with Crippen molar-refractivity contribution in [2.45, 2.75) is 32.4 Å². The molecule has 0 spiro atoms. The van der Waals surface area contributed by atoms with Gasteiger partial charge in [0.05, 0.1) is 0 Å². The Labute approximate surface area is 142 Å². The van der Waals surface area contributed by atoms with Crippen molar-refractivity contribution in [3.8, 4) is 0 Å². The van der Waals surface area contributed by atoms with Crippen molar-refractivity contribution in [2.24, 2.45) is 0 Å². The third kappa shape index (κ3) is 4.90. The van der Waals surface area contributed by atoms with E-state index in [1.54, 1.807) is 0 Å². The Morgan fingerprint density at radius 2 is 1.71 bits per heavy atom. The summed E-state index contributed by atoms with van der Waals surface area (Å²) in [5.74, 6) is -0.188. The molecule has 21 heavy (non-hydrogen) atoms. The zero-order chi connectivity index (χ0) is 15.4. The minimum atomic E-state index is -0.188. The van der Waals surface area contributed by atoms with Crippen molar-refractivity contribution in [3.63, 3.8) is 0 Å². The lowest BCUT2D eigenvalue weighted by Crippen LogP contribution is -2.30. The van der Waals surface area contributed by atoms with E-state index >= 15 is 0 Å². The Bertz CT molecular complexity index is 598. The van der Waals surface area contributed by atoms with E-state index in [2.05, 4.69) is 63.2 Å². The Kier molecular flexibility index (Phi) is 5.97. The van der Waals surface area contributed by atoms with Gasteiger partial charge in [0.25, 0.3) is 0 Å². The summed E-state index contributed by atoms with van der Waals surface area (Å²) in [5, 5.41) is 3.58. The van der Waals surface area contributed by atoms with Crippen LogP contribution >= 0.6 is 31.9 Å². The third-order valence-corrected chi connectivity index (χ3v) is 4.60. The standard InChI is InChI=1S/C17H18Br2FN/c1-11(9-13-3-6-15(20)7-4-13)21-12(2)16-8-5-14(18)10-17(16)19/h3-8,10-12,21H,9H2,1-2H3.